The summed E-state index contributed by atoms with van der Waals surface area (Å²) in [5, 5.41) is 5.54. The molecule has 0 fully saturated rings. The molecule has 0 spiro atoms. The van der Waals surface area contributed by atoms with Gasteiger partial charge < -0.3 is 5.32 Å². The van der Waals surface area contributed by atoms with E-state index in [4.69, 9.17) is 4.84 Å². The third-order valence-corrected chi connectivity index (χ3v) is 4.03. The van der Waals surface area contributed by atoms with E-state index in [1.54, 1.807) is 11.3 Å². The van der Waals surface area contributed by atoms with E-state index in [9.17, 15) is 0 Å². The van der Waals surface area contributed by atoms with Crippen LogP contribution in [-0.2, 0) is 18.0 Å². The first kappa shape index (κ1) is 11.9. The second kappa shape index (κ2) is 5.63. The van der Waals surface area contributed by atoms with Crippen LogP contribution in [0.4, 0.5) is 0 Å². The van der Waals surface area contributed by atoms with Crippen LogP contribution < -0.4 is 10.8 Å². The van der Waals surface area contributed by atoms with Crippen molar-refractivity contribution in [2.45, 2.75) is 19.2 Å². The van der Waals surface area contributed by atoms with Gasteiger partial charge in [0.2, 0.25) is 0 Å². The second-order valence-corrected chi connectivity index (χ2v) is 5.38. The predicted octanol–water partition coefficient (Wildman–Crippen LogP) is 2.61. The molecule has 0 saturated heterocycles. The minimum Gasteiger partial charge on any atom is -0.310 e. The van der Waals surface area contributed by atoms with Gasteiger partial charge in [-0.15, -0.1) is 11.3 Å². The first-order chi connectivity index (χ1) is 8.93. The van der Waals surface area contributed by atoms with Crippen LogP contribution in [-0.4, -0.2) is 6.54 Å². The van der Waals surface area contributed by atoms with E-state index in [0.29, 0.717) is 6.61 Å². The van der Waals surface area contributed by atoms with E-state index in [2.05, 4.69) is 34.4 Å². The SMILES string of the molecule is c1ccc(CONC2CNCc3sccc32)cc1. The Morgan fingerprint density at radius 3 is 3.06 bits per heavy atom. The second-order valence-electron chi connectivity index (χ2n) is 4.37. The van der Waals surface area contributed by atoms with Crippen molar-refractivity contribution in [3.05, 3.63) is 57.8 Å². The highest BCUT2D eigenvalue weighted by Crippen LogP contribution is 2.26. The summed E-state index contributed by atoms with van der Waals surface area (Å²) < 4.78 is 0. The van der Waals surface area contributed by atoms with E-state index in [1.807, 2.05) is 18.2 Å². The van der Waals surface area contributed by atoms with E-state index in [1.165, 1.54) is 16.0 Å². The molecule has 94 valence electrons. The summed E-state index contributed by atoms with van der Waals surface area (Å²) in [4.78, 5) is 7.00. The van der Waals surface area contributed by atoms with Gasteiger partial charge in [0.25, 0.3) is 0 Å². The molecule has 1 atom stereocenters. The smallest absolute Gasteiger partial charge is 0.0933 e. The molecule has 0 bridgehead atoms. The van der Waals surface area contributed by atoms with Gasteiger partial charge in [-0.05, 0) is 22.6 Å². The number of benzene rings is 1. The van der Waals surface area contributed by atoms with Gasteiger partial charge in [0.1, 0.15) is 0 Å². The molecule has 1 aliphatic rings. The van der Waals surface area contributed by atoms with Crippen molar-refractivity contribution >= 4 is 11.3 Å². The molecule has 1 aromatic carbocycles. The summed E-state index contributed by atoms with van der Waals surface area (Å²) in [6.45, 7) is 2.49. The number of hydroxylamine groups is 1. The van der Waals surface area contributed by atoms with Crippen molar-refractivity contribution in [3.63, 3.8) is 0 Å². The van der Waals surface area contributed by atoms with Crippen LogP contribution >= 0.6 is 11.3 Å². The molecule has 18 heavy (non-hydrogen) atoms. The highest BCUT2D eigenvalue weighted by Gasteiger charge is 2.20. The molecule has 3 rings (SSSR count). The molecule has 1 unspecified atom stereocenters. The van der Waals surface area contributed by atoms with Crippen LogP contribution in [0.1, 0.15) is 22.0 Å². The lowest BCUT2D eigenvalue weighted by molar-refractivity contribution is 0.00164. The van der Waals surface area contributed by atoms with Gasteiger partial charge in [0, 0.05) is 18.0 Å². The van der Waals surface area contributed by atoms with Crippen LogP contribution in [0.25, 0.3) is 0 Å². The molecule has 4 heteroatoms. The maximum absolute atomic E-state index is 5.60. The molecule has 0 saturated carbocycles. The largest absolute Gasteiger partial charge is 0.310 e. The summed E-state index contributed by atoms with van der Waals surface area (Å²) in [6.07, 6.45) is 0. The van der Waals surface area contributed by atoms with Crippen LogP contribution in [0.15, 0.2) is 41.8 Å². The third-order valence-electron chi connectivity index (χ3n) is 3.10. The van der Waals surface area contributed by atoms with Crippen molar-refractivity contribution in [3.8, 4) is 0 Å². The highest BCUT2D eigenvalue weighted by atomic mass is 32.1. The maximum atomic E-state index is 5.60. The Morgan fingerprint density at radius 1 is 1.28 bits per heavy atom. The minimum atomic E-state index is 0.253. The van der Waals surface area contributed by atoms with Crippen LogP contribution in [0.5, 0.6) is 0 Å². The average molecular weight is 260 g/mol. The lowest BCUT2D eigenvalue weighted by Gasteiger charge is -2.24. The fourth-order valence-electron chi connectivity index (χ4n) is 2.15. The van der Waals surface area contributed by atoms with Gasteiger partial charge in [-0.1, -0.05) is 30.3 Å². The summed E-state index contributed by atoms with van der Waals surface area (Å²) >= 11 is 1.80. The summed E-state index contributed by atoms with van der Waals surface area (Å²) in [7, 11) is 0. The summed E-state index contributed by atoms with van der Waals surface area (Å²) in [6, 6.07) is 12.6. The maximum Gasteiger partial charge on any atom is 0.0933 e. The zero-order valence-corrected chi connectivity index (χ0v) is 10.9. The Morgan fingerprint density at radius 2 is 2.17 bits per heavy atom. The minimum absolute atomic E-state index is 0.253. The van der Waals surface area contributed by atoms with E-state index < -0.39 is 0 Å². The molecule has 0 amide bonds. The lowest BCUT2D eigenvalue weighted by atomic mass is 10.1. The summed E-state index contributed by atoms with van der Waals surface area (Å²) in [5.74, 6) is 0. The number of hydrogen-bond acceptors (Lipinski definition) is 4. The molecule has 3 nitrogen and oxygen atoms in total. The Bertz CT molecular complexity index is 498. The van der Waals surface area contributed by atoms with Gasteiger partial charge in [-0.3, -0.25) is 4.84 Å². The van der Waals surface area contributed by atoms with Crippen molar-refractivity contribution in [2.75, 3.05) is 6.54 Å². The normalized spacial score (nSPS) is 18.6. The molecular weight excluding hydrogens is 244 g/mol. The summed E-state index contributed by atoms with van der Waals surface area (Å²) in [5.41, 5.74) is 5.70. The first-order valence-electron chi connectivity index (χ1n) is 6.12. The predicted molar refractivity (Wildman–Crippen MR) is 73.1 cm³/mol. The molecule has 2 aromatic rings. The van der Waals surface area contributed by atoms with E-state index >= 15 is 0 Å². The monoisotopic (exact) mass is 260 g/mol. The topological polar surface area (TPSA) is 33.3 Å². The fraction of sp³-hybridized carbons (Fsp3) is 0.286. The average Bonchev–Trinajstić information content (AvgIpc) is 2.89. The number of thiophene rings is 1. The van der Waals surface area contributed by atoms with Crippen LogP contribution in [0, 0.1) is 0 Å². The van der Waals surface area contributed by atoms with Crippen LogP contribution in [0.2, 0.25) is 0 Å². The fourth-order valence-corrected chi connectivity index (χ4v) is 3.06. The van der Waals surface area contributed by atoms with Gasteiger partial charge in [0.05, 0.1) is 12.6 Å². The van der Waals surface area contributed by atoms with Crippen molar-refractivity contribution in [1.82, 2.24) is 10.8 Å². The number of nitrogens with one attached hydrogen (secondary N) is 2. The highest BCUT2D eigenvalue weighted by molar-refractivity contribution is 7.10. The number of rotatable bonds is 4. The molecule has 2 N–H and O–H groups in total. The van der Waals surface area contributed by atoms with Gasteiger partial charge >= 0.3 is 0 Å². The van der Waals surface area contributed by atoms with Gasteiger partial charge in [0.15, 0.2) is 0 Å². The van der Waals surface area contributed by atoms with Gasteiger partial charge in [-0.25, -0.2) is 0 Å². The first-order valence-corrected chi connectivity index (χ1v) is 6.99. The standard InChI is InChI=1S/C14H16N2OS/c1-2-4-11(5-3-1)10-17-16-13-8-15-9-14-12(13)6-7-18-14/h1-7,13,15-16H,8-10H2. The Balaban J connectivity index is 1.56. The third kappa shape index (κ3) is 2.62. The molecule has 2 heterocycles. The number of hydrogen-bond donors (Lipinski definition) is 2. The van der Waals surface area contributed by atoms with Crippen LogP contribution in [0.3, 0.4) is 0 Å². The van der Waals surface area contributed by atoms with Gasteiger partial charge in [-0.2, -0.15) is 5.48 Å². The molecule has 0 radical (unpaired) electrons. The zero-order valence-electron chi connectivity index (χ0n) is 10.1. The van der Waals surface area contributed by atoms with Crippen molar-refractivity contribution < 1.29 is 4.84 Å². The molecule has 1 aliphatic heterocycles. The molecular formula is C14H16N2OS. The van der Waals surface area contributed by atoms with Crippen molar-refractivity contribution in [2.24, 2.45) is 0 Å². The van der Waals surface area contributed by atoms with E-state index in [0.717, 1.165) is 13.1 Å². The Kier molecular flexibility index (Phi) is 3.71. The number of fused-ring (bicyclic) bond motifs is 1. The quantitative estimate of drug-likeness (QED) is 0.829. The Hall–Kier alpha value is -1.20. The van der Waals surface area contributed by atoms with E-state index in [-0.39, 0.29) is 6.04 Å². The molecule has 0 aliphatic carbocycles. The molecule has 1 aromatic heterocycles. The lowest BCUT2D eigenvalue weighted by Crippen LogP contribution is -2.35. The van der Waals surface area contributed by atoms with Crippen molar-refractivity contribution in [1.29, 1.82) is 0 Å². The Labute approximate surface area is 111 Å². The zero-order chi connectivity index (χ0) is 12.2.